The van der Waals surface area contributed by atoms with Gasteiger partial charge in [-0.05, 0) is 42.3 Å². The minimum absolute atomic E-state index is 0.273. The highest BCUT2D eigenvalue weighted by molar-refractivity contribution is 5.70. The van der Waals surface area contributed by atoms with Gasteiger partial charge in [0.25, 0.3) is 0 Å². The Kier molecular flexibility index (Phi) is 2.59. The molecule has 0 unspecified atom stereocenters. The monoisotopic (exact) mass is 240 g/mol. The van der Waals surface area contributed by atoms with Gasteiger partial charge in [-0.2, -0.15) is 0 Å². The number of nitrogens with one attached hydrogen (secondary N) is 1. The second-order valence-corrected chi connectivity index (χ2v) is 4.66. The molecule has 2 aromatic carbocycles. The first-order chi connectivity index (χ1) is 8.74. The van der Waals surface area contributed by atoms with Gasteiger partial charge in [0.1, 0.15) is 5.75 Å². The van der Waals surface area contributed by atoms with Crippen LogP contribution in [-0.2, 0) is 6.42 Å². The highest BCUT2D eigenvalue weighted by Crippen LogP contribution is 2.32. The molecule has 0 aromatic heterocycles. The zero-order chi connectivity index (χ0) is 12.5. The van der Waals surface area contributed by atoms with Crippen molar-refractivity contribution >= 4 is 17.1 Å². The fourth-order valence-corrected chi connectivity index (χ4v) is 2.38. The summed E-state index contributed by atoms with van der Waals surface area (Å²) in [6.07, 6.45) is 1.09. The van der Waals surface area contributed by atoms with Crippen molar-refractivity contribution in [3.05, 3.63) is 48.0 Å². The lowest BCUT2D eigenvalue weighted by atomic mass is 10.1. The third kappa shape index (κ3) is 1.88. The molecule has 2 aromatic rings. The first-order valence-electron chi connectivity index (χ1n) is 6.13. The summed E-state index contributed by atoms with van der Waals surface area (Å²) in [7, 11) is 2.11. The van der Waals surface area contributed by atoms with Crippen molar-refractivity contribution in [2.45, 2.75) is 6.42 Å². The Labute approximate surface area is 107 Å². The Morgan fingerprint density at radius 2 is 2.00 bits per heavy atom. The van der Waals surface area contributed by atoms with Crippen LogP contribution in [0.5, 0.6) is 5.75 Å². The van der Waals surface area contributed by atoms with Crippen LogP contribution in [0.15, 0.2) is 42.5 Å². The predicted molar refractivity (Wildman–Crippen MR) is 74.8 cm³/mol. The molecule has 3 heteroatoms. The molecule has 0 spiro atoms. The maximum absolute atomic E-state index is 9.74. The third-order valence-electron chi connectivity index (χ3n) is 3.39. The Morgan fingerprint density at radius 1 is 1.17 bits per heavy atom. The van der Waals surface area contributed by atoms with Crippen LogP contribution in [0.1, 0.15) is 5.56 Å². The summed E-state index contributed by atoms with van der Waals surface area (Å²) in [6.45, 7) is 1.08. The van der Waals surface area contributed by atoms with Gasteiger partial charge in [0.15, 0.2) is 0 Å². The second-order valence-electron chi connectivity index (χ2n) is 4.66. The Bertz CT molecular complexity index is 580. The smallest absolute Gasteiger partial charge is 0.139 e. The fraction of sp³-hybridized carbons (Fsp3) is 0.200. The fourth-order valence-electron chi connectivity index (χ4n) is 2.38. The summed E-state index contributed by atoms with van der Waals surface area (Å²) in [5.41, 5.74) is 4.42. The van der Waals surface area contributed by atoms with Crippen molar-refractivity contribution in [1.82, 2.24) is 0 Å². The average Bonchev–Trinajstić information content (AvgIpc) is 2.74. The Hall–Kier alpha value is -2.16. The molecule has 0 amide bonds. The van der Waals surface area contributed by atoms with Crippen molar-refractivity contribution in [2.75, 3.05) is 23.8 Å². The summed E-state index contributed by atoms with van der Waals surface area (Å²) in [4.78, 5) is 2.26. The predicted octanol–water partition coefficient (Wildman–Crippen LogP) is 3.13. The number of fused-ring (bicyclic) bond motifs is 1. The van der Waals surface area contributed by atoms with Gasteiger partial charge in [-0.1, -0.05) is 12.1 Å². The minimum Gasteiger partial charge on any atom is -0.506 e. The van der Waals surface area contributed by atoms with E-state index in [2.05, 4.69) is 29.4 Å². The number of para-hydroxylation sites is 2. The van der Waals surface area contributed by atoms with Gasteiger partial charge in [0, 0.05) is 25.0 Å². The molecule has 1 heterocycles. The standard InChI is InChI=1S/C15H16N2O/c1-17-9-8-11-10-12(6-7-14(11)17)16-13-4-2-3-5-15(13)18/h2-7,10,16,18H,8-9H2,1H3. The van der Waals surface area contributed by atoms with Gasteiger partial charge < -0.3 is 15.3 Å². The Balaban J connectivity index is 1.89. The molecule has 3 nitrogen and oxygen atoms in total. The number of phenolic OH excluding ortho intramolecular Hbond substituents is 1. The number of benzene rings is 2. The molecule has 0 saturated carbocycles. The van der Waals surface area contributed by atoms with E-state index in [9.17, 15) is 5.11 Å². The zero-order valence-electron chi connectivity index (χ0n) is 10.4. The highest BCUT2D eigenvalue weighted by Gasteiger charge is 2.15. The number of rotatable bonds is 2. The first kappa shape index (κ1) is 11.0. The number of hydrogen-bond donors (Lipinski definition) is 2. The van der Waals surface area contributed by atoms with Crippen LogP contribution < -0.4 is 10.2 Å². The summed E-state index contributed by atoms with van der Waals surface area (Å²) in [6, 6.07) is 13.6. The van der Waals surface area contributed by atoms with Crippen molar-refractivity contribution in [2.24, 2.45) is 0 Å². The molecule has 0 atom stereocenters. The zero-order valence-corrected chi connectivity index (χ0v) is 10.4. The van der Waals surface area contributed by atoms with Crippen molar-refractivity contribution < 1.29 is 5.11 Å². The van der Waals surface area contributed by atoms with Gasteiger partial charge >= 0.3 is 0 Å². The average molecular weight is 240 g/mol. The normalized spacial score (nSPS) is 13.5. The number of aromatic hydroxyl groups is 1. The molecular formula is C15H16N2O. The number of anilines is 3. The van der Waals surface area contributed by atoms with Gasteiger partial charge in [0.2, 0.25) is 0 Å². The van der Waals surface area contributed by atoms with E-state index in [0.29, 0.717) is 0 Å². The van der Waals surface area contributed by atoms with Crippen LogP contribution in [0.4, 0.5) is 17.1 Å². The lowest BCUT2D eigenvalue weighted by Gasteiger charge is -2.13. The van der Waals surface area contributed by atoms with E-state index in [0.717, 1.165) is 24.3 Å². The van der Waals surface area contributed by atoms with Crippen LogP contribution >= 0.6 is 0 Å². The summed E-state index contributed by atoms with van der Waals surface area (Å²) < 4.78 is 0. The van der Waals surface area contributed by atoms with Gasteiger partial charge in [-0.3, -0.25) is 0 Å². The van der Waals surface area contributed by atoms with Crippen molar-refractivity contribution in [1.29, 1.82) is 0 Å². The summed E-state index contributed by atoms with van der Waals surface area (Å²) >= 11 is 0. The van der Waals surface area contributed by atoms with Gasteiger partial charge in [0.05, 0.1) is 5.69 Å². The highest BCUT2D eigenvalue weighted by atomic mass is 16.3. The topological polar surface area (TPSA) is 35.5 Å². The molecule has 18 heavy (non-hydrogen) atoms. The molecule has 92 valence electrons. The van der Waals surface area contributed by atoms with E-state index in [-0.39, 0.29) is 5.75 Å². The molecule has 0 saturated heterocycles. The molecule has 0 bridgehead atoms. The van der Waals surface area contributed by atoms with Gasteiger partial charge in [-0.25, -0.2) is 0 Å². The van der Waals surface area contributed by atoms with E-state index in [4.69, 9.17) is 0 Å². The van der Waals surface area contributed by atoms with Crippen LogP contribution in [0, 0.1) is 0 Å². The van der Waals surface area contributed by atoms with Gasteiger partial charge in [-0.15, -0.1) is 0 Å². The number of phenols is 1. The lowest BCUT2D eigenvalue weighted by molar-refractivity contribution is 0.478. The van der Waals surface area contributed by atoms with E-state index in [1.807, 2.05) is 24.3 Å². The van der Waals surface area contributed by atoms with E-state index < -0.39 is 0 Å². The van der Waals surface area contributed by atoms with E-state index >= 15 is 0 Å². The van der Waals surface area contributed by atoms with Crippen LogP contribution in [0.25, 0.3) is 0 Å². The van der Waals surface area contributed by atoms with Crippen molar-refractivity contribution in [3.8, 4) is 5.75 Å². The molecular weight excluding hydrogens is 224 g/mol. The number of likely N-dealkylation sites (N-methyl/N-ethyl adjacent to an activating group) is 1. The lowest BCUT2D eigenvalue weighted by Crippen LogP contribution is -2.12. The first-order valence-corrected chi connectivity index (χ1v) is 6.13. The van der Waals surface area contributed by atoms with Crippen molar-refractivity contribution in [3.63, 3.8) is 0 Å². The summed E-state index contributed by atoms with van der Waals surface area (Å²) in [5, 5.41) is 13.0. The summed E-state index contributed by atoms with van der Waals surface area (Å²) in [5.74, 6) is 0.273. The SMILES string of the molecule is CN1CCc2cc(Nc3ccccc3O)ccc21. The van der Waals surface area contributed by atoms with E-state index in [1.54, 1.807) is 6.07 Å². The minimum atomic E-state index is 0.273. The van der Waals surface area contributed by atoms with Crippen LogP contribution in [0.3, 0.4) is 0 Å². The van der Waals surface area contributed by atoms with Crippen LogP contribution in [0.2, 0.25) is 0 Å². The molecule has 3 rings (SSSR count). The molecule has 1 aliphatic rings. The third-order valence-corrected chi connectivity index (χ3v) is 3.39. The number of hydrogen-bond acceptors (Lipinski definition) is 3. The Morgan fingerprint density at radius 3 is 2.83 bits per heavy atom. The molecule has 1 aliphatic heterocycles. The largest absolute Gasteiger partial charge is 0.506 e. The molecule has 0 fully saturated rings. The molecule has 0 radical (unpaired) electrons. The quantitative estimate of drug-likeness (QED) is 0.792. The van der Waals surface area contributed by atoms with Crippen LogP contribution in [-0.4, -0.2) is 18.7 Å². The van der Waals surface area contributed by atoms with E-state index in [1.165, 1.54) is 11.3 Å². The maximum atomic E-state index is 9.74. The molecule has 0 aliphatic carbocycles. The number of nitrogens with zero attached hydrogens (tertiary/aromatic N) is 1. The molecule has 2 N–H and O–H groups in total. The second kappa shape index (κ2) is 4.26. The maximum Gasteiger partial charge on any atom is 0.139 e.